The Kier molecular flexibility index (Phi) is 6.93. The Morgan fingerprint density at radius 1 is 1.00 bits per heavy atom. The number of benzene rings is 2. The van der Waals surface area contributed by atoms with E-state index in [1.165, 1.54) is 24.3 Å². The predicted molar refractivity (Wildman–Crippen MR) is 131 cm³/mol. The van der Waals surface area contributed by atoms with Crippen LogP contribution in [0.1, 0.15) is 17.7 Å². The van der Waals surface area contributed by atoms with Crippen LogP contribution in [-0.2, 0) is 31.9 Å². The average Bonchev–Trinajstić information content (AvgIpc) is 2.89. The van der Waals surface area contributed by atoms with Gasteiger partial charge in [0, 0.05) is 12.0 Å². The molecule has 218 valence electrons. The Balaban J connectivity index is 1.60. The minimum Gasteiger partial charge on any atom is -0.486 e. The normalized spacial score (nSPS) is 18.7. The maximum Gasteiger partial charge on any atom is 0.433 e. The molecule has 1 N–H and O–H groups in total. The number of pyridine rings is 1. The number of nitrogens with zero attached hydrogens (tertiary/aromatic N) is 2. The van der Waals surface area contributed by atoms with Crippen molar-refractivity contribution in [2.24, 2.45) is 5.41 Å². The number of rotatable bonds is 6. The zero-order chi connectivity index (χ0) is 29.8. The van der Waals surface area contributed by atoms with Gasteiger partial charge in [-0.05, 0) is 48.5 Å². The fourth-order valence-electron chi connectivity index (χ4n) is 4.63. The van der Waals surface area contributed by atoms with Crippen molar-refractivity contribution in [2.75, 3.05) is 24.1 Å². The molecule has 3 heterocycles. The van der Waals surface area contributed by atoms with Crippen molar-refractivity contribution < 1.29 is 54.1 Å². The maximum atomic E-state index is 13.8. The van der Waals surface area contributed by atoms with Crippen molar-refractivity contribution >= 4 is 21.7 Å². The fraction of sp³-hybridized carbons (Fsp3) is 0.308. The van der Waals surface area contributed by atoms with Crippen LogP contribution < -0.4 is 9.04 Å². The molecule has 1 aromatic heterocycles. The van der Waals surface area contributed by atoms with Crippen molar-refractivity contribution in [1.82, 2.24) is 4.98 Å². The van der Waals surface area contributed by atoms with Crippen LogP contribution in [0, 0.1) is 5.41 Å². The lowest BCUT2D eigenvalue weighted by atomic mass is 9.80. The molecule has 1 atom stereocenters. The van der Waals surface area contributed by atoms with Crippen LogP contribution in [0.5, 0.6) is 5.75 Å². The van der Waals surface area contributed by atoms with Crippen molar-refractivity contribution in [3.63, 3.8) is 0 Å². The number of sulfonamides is 1. The zero-order valence-electron chi connectivity index (χ0n) is 20.7. The van der Waals surface area contributed by atoms with Gasteiger partial charge < -0.3 is 14.6 Å². The summed E-state index contributed by atoms with van der Waals surface area (Å²) in [6.07, 6.45) is -10.8. The molecule has 0 saturated carbocycles. The number of aromatic nitrogens is 1. The van der Waals surface area contributed by atoms with Gasteiger partial charge in [-0.15, -0.1) is 0 Å². The minimum absolute atomic E-state index is 0.0618. The maximum absolute atomic E-state index is 13.8. The van der Waals surface area contributed by atoms with E-state index in [9.17, 15) is 44.7 Å². The highest BCUT2D eigenvalue weighted by atomic mass is 32.2. The largest absolute Gasteiger partial charge is 0.486 e. The summed E-state index contributed by atoms with van der Waals surface area (Å²) >= 11 is 0. The Bertz CT molecular complexity index is 1600. The Labute approximate surface area is 229 Å². The third kappa shape index (κ3) is 5.43. The SMILES string of the molecule is O=C(O)C1(C[C@H]2CN(S(=O)(=O)c3cccc(C(F)(F)F)c3)c3cc(-c4cccc(C(F)(F)F)n4)ccc3O2)COC1. The number of carboxylic acids is 1. The molecular weight excluding hydrogens is 582 g/mol. The first-order valence-electron chi connectivity index (χ1n) is 12.0. The summed E-state index contributed by atoms with van der Waals surface area (Å²) < 4.78 is 119. The highest BCUT2D eigenvalue weighted by molar-refractivity contribution is 7.92. The summed E-state index contributed by atoms with van der Waals surface area (Å²) in [6.45, 7) is -0.773. The quantitative estimate of drug-likeness (QED) is 0.385. The number of aliphatic carboxylic acids is 1. The standard InChI is InChI=1S/C26H20F6N2O6S/c27-25(28,29)16-3-1-4-18(10-16)41(37,38)34-12-17(11-24(23(35)36)13-39-14-24)40-21-8-7-15(9-20(21)34)19-5-2-6-22(33-19)26(30,31)32/h1-10,17H,11-14H2,(H,35,36)/t17-/m0/s1. The number of ether oxygens (including phenoxy) is 2. The number of fused-ring (bicyclic) bond motifs is 1. The molecule has 8 nitrogen and oxygen atoms in total. The summed E-state index contributed by atoms with van der Waals surface area (Å²) in [5, 5.41) is 9.70. The number of alkyl halides is 6. The lowest BCUT2D eigenvalue weighted by Crippen LogP contribution is -2.54. The Morgan fingerprint density at radius 2 is 1.71 bits per heavy atom. The molecule has 41 heavy (non-hydrogen) atoms. The van der Waals surface area contributed by atoms with E-state index < -0.39 is 62.6 Å². The van der Waals surface area contributed by atoms with Crippen LogP contribution in [0.25, 0.3) is 11.3 Å². The summed E-state index contributed by atoms with van der Waals surface area (Å²) in [6, 6.07) is 10.1. The predicted octanol–water partition coefficient (Wildman–Crippen LogP) is 5.23. The zero-order valence-corrected chi connectivity index (χ0v) is 21.6. The second-order valence-electron chi connectivity index (χ2n) is 9.67. The van der Waals surface area contributed by atoms with Crippen LogP contribution in [0.4, 0.5) is 32.0 Å². The molecule has 5 rings (SSSR count). The highest BCUT2D eigenvalue weighted by Gasteiger charge is 2.50. The second-order valence-corrected chi connectivity index (χ2v) is 11.5. The molecule has 0 unspecified atom stereocenters. The lowest BCUT2D eigenvalue weighted by Gasteiger charge is -2.42. The molecule has 0 amide bonds. The summed E-state index contributed by atoms with van der Waals surface area (Å²) in [7, 11) is -4.71. The van der Waals surface area contributed by atoms with Crippen LogP contribution in [0.3, 0.4) is 0 Å². The molecule has 2 aliphatic rings. The van der Waals surface area contributed by atoms with Crippen molar-refractivity contribution in [3.8, 4) is 17.0 Å². The fourth-order valence-corrected chi connectivity index (χ4v) is 6.18. The number of hydrogen-bond donors (Lipinski definition) is 1. The van der Waals surface area contributed by atoms with E-state index >= 15 is 0 Å². The Morgan fingerprint density at radius 3 is 2.32 bits per heavy atom. The molecule has 1 fully saturated rings. The van der Waals surface area contributed by atoms with Gasteiger partial charge in [-0.25, -0.2) is 13.4 Å². The van der Waals surface area contributed by atoms with Gasteiger partial charge in [0.2, 0.25) is 0 Å². The van der Waals surface area contributed by atoms with E-state index in [2.05, 4.69) is 4.98 Å². The van der Waals surface area contributed by atoms with E-state index in [0.29, 0.717) is 12.1 Å². The lowest BCUT2D eigenvalue weighted by molar-refractivity contribution is -0.184. The van der Waals surface area contributed by atoms with Crippen molar-refractivity contribution in [3.05, 3.63) is 71.9 Å². The van der Waals surface area contributed by atoms with Crippen LogP contribution in [0.2, 0.25) is 0 Å². The van der Waals surface area contributed by atoms with E-state index in [1.807, 2.05) is 0 Å². The van der Waals surface area contributed by atoms with Crippen molar-refractivity contribution in [2.45, 2.75) is 29.8 Å². The summed E-state index contributed by atoms with van der Waals surface area (Å²) in [4.78, 5) is 14.8. The molecule has 2 aliphatic heterocycles. The smallest absolute Gasteiger partial charge is 0.433 e. The van der Waals surface area contributed by atoms with Gasteiger partial charge in [-0.1, -0.05) is 12.1 Å². The van der Waals surface area contributed by atoms with Gasteiger partial charge in [-0.3, -0.25) is 9.10 Å². The van der Waals surface area contributed by atoms with Gasteiger partial charge in [0.05, 0.1) is 41.6 Å². The van der Waals surface area contributed by atoms with E-state index in [0.717, 1.165) is 28.6 Å². The third-order valence-electron chi connectivity index (χ3n) is 6.80. The van der Waals surface area contributed by atoms with E-state index in [4.69, 9.17) is 9.47 Å². The summed E-state index contributed by atoms with van der Waals surface area (Å²) in [5.41, 5.74) is -3.96. The number of carbonyl (C=O) groups is 1. The van der Waals surface area contributed by atoms with E-state index in [1.54, 1.807) is 0 Å². The highest BCUT2D eigenvalue weighted by Crippen LogP contribution is 2.43. The molecule has 2 aromatic carbocycles. The van der Waals surface area contributed by atoms with Gasteiger partial charge >= 0.3 is 18.3 Å². The van der Waals surface area contributed by atoms with Gasteiger partial charge in [-0.2, -0.15) is 26.3 Å². The number of halogens is 6. The number of hydrogen-bond acceptors (Lipinski definition) is 6. The van der Waals surface area contributed by atoms with Crippen molar-refractivity contribution in [1.29, 1.82) is 0 Å². The summed E-state index contributed by atoms with van der Waals surface area (Å²) in [5.74, 6) is -1.25. The van der Waals surface area contributed by atoms with Gasteiger partial charge in [0.15, 0.2) is 0 Å². The van der Waals surface area contributed by atoms with Gasteiger partial charge in [0.1, 0.15) is 23.0 Å². The minimum atomic E-state index is -4.84. The first kappa shape index (κ1) is 28.7. The Hall–Kier alpha value is -3.85. The van der Waals surface area contributed by atoms with Gasteiger partial charge in [0.25, 0.3) is 10.0 Å². The van der Waals surface area contributed by atoms with Crippen LogP contribution in [-0.4, -0.2) is 50.3 Å². The second kappa shape index (κ2) is 9.91. The molecule has 0 radical (unpaired) electrons. The molecule has 15 heteroatoms. The molecule has 1 saturated heterocycles. The molecule has 0 aliphatic carbocycles. The molecule has 0 bridgehead atoms. The van der Waals surface area contributed by atoms with Crippen LogP contribution >= 0.6 is 0 Å². The monoisotopic (exact) mass is 602 g/mol. The first-order valence-corrected chi connectivity index (χ1v) is 13.4. The average molecular weight is 603 g/mol. The number of anilines is 1. The first-order chi connectivity index (χ1) is 19.1. The van der Waals surface area contributed by atoms with Crippen LogP contribution in [0.15, 0.2) is 65.6 Å². The third-order valence-corrected chi connectivity index (χ3v) is 8.58. The molecule has 0 spiro atoms. The topological polar surface area (TPSA) is 106 Å². The number of carboxylic acid groups (broad SMARTS) is 1. The van der Waals surface area contributed by atoms with E-state index in [-0.39, 0.29) is 42.3 Å². The molecular formula is C26H20F6N2O6S. The molecule has 3 aromatic rings.